The average Bonchev–Trinajstić information content (AvgIpc) is 3.16. The highest BCUT2D eigenvalue weighted by atomic mass is 16.3. The quantitative estimate of drug-likeness (QED) is 0.835. The predicted molar refractivity (Wildman–Crippen MR) is 80.8 cm³/mol. The van der Waals surface area contributed by atoms with E-state index < -0.39 is 0 Å². The fraction of sp³-hybridized carbons (Fsp3) is 0.562. The number of anilines is 1. The molecule has 1 amide bonds. The van der Waals surface area contributed by atoms with Crippen LogP contribution in [0.15, 0.2) is 18.2 Å². The number of nitrogens with one attached hydrogen (secondary N) is 1. The minimum atomic E-state index is -0.297. The normalized spacial score (nSPS) is 16.2. The number of amides is 1. The van der Waals surface area contributed by atoms with Crippen LogP contribution < -0.4 is 5.32 Å². The lowest BCUT2D eigenvalue weighted by Gasteiger charge is -2.20. The van der Waals surface area contributed by atoms with Crippen molar-refractivity contribution < 1.29 is 9.90 Å². The van der Waals surface area contributed by atoms with E-state index in [4.69, 9.17) is 0 Å². The van der Waals surface area contributed by atoms with E-state index in [-0.39, 0.29) is 12.0 Å². The number of carbonyl (C=O) groups is 1. The molecule has 0 aliphatic heterocycles. The summed E-state index contributed by atoms with van der Waals surface area (Å²) in [6, 6.07) is 5.97. The lowest BCUT2D eigenvalue weighted by molar-refractivity contribution is -0.117. The van der Waals surface area contributed by atoms with Crippen LogP contribution in [0.1, 0.15) is 24.0 Å². The Kier molecular flexibility index (Phi) is 4.78. The first-order valence-corrected chi connectivity index (χ1v) is 7.19. The predicted octanol–water partition coefficient (Wildman–Crippen LogP) is 1.94. The third kappa shape index (κ3) is 4.32. The first-order chi connectivity index (χ1) is 9.45. The SMILES string of the molecule is Cc1ccc(NC(=O)CN(C)CC(O)C2CC2)c(C)c1. The van der Waals surface area contributed by atoms with Crippen LogP contribution in [0.2, 0.25) is 0 Å². The van der Waals surface area contributed by atoms with Gasteiger partial charge in [-0.3, -0.25) is 9.69 Å². The highest BCUT2D eigenvalue weighted by Crippen LogP contribution is 2.32. The summed E-state index contributed by atoms with van der Waals surface area (Å²) >= 11 is 0. The first-order valence-electron chi connectivity index (χ1n) is 7.19. The van der Waals surface area contributed by atoms with E-state index in [0.717, 1.165) is 24.1 Å². The number of nitrogens with zero attached hydrogens (tertiary/aromatic N) is 1. The summed E-state index contributed by atoms with van der Waals surface area (Å²) in [5.74, 6) is 0.405. The van der Waals surface area contributed by atoms with Crippen LogP contribution in [0.3, 0.4) is 0 Å². The van der Waals surface area contributed by atoms with Crippen LogP contribution in [0.4, 0.5) is 5.69 Å². The van der Waals surface area contributed by atoms with Crippen molar-refractivity contribution in [3.05, 3.63) is 29.3 Å². The summed E-state index contributed by atoms with van der Waals surface area (Å²) < 4.78 is 0. The second kappa shape index (κ2) is 6.37. The van der Waals surface area contributed by atoms with Crippen molar-refractivity contribution in [2.75, 3.05) is 25.5 Å². The molecule has 0 saturated heterocycles. The van der Waals surface area contributed by atoms with Crippen LogP contribution in [0.25, 0.3) is 0 Å². The van der Waals surface area contributed by atoms with Gasteiger partial charge in [-0.1, -0.05) is 17.7 Å². The maximum Gasteiger partial charge on any atom is 0.238 e. The van der Waals surface area contributed by atoms with Gasteiger partial charge >= 0.3 is 0 Å². The number of likely N-dealkylation sites (N-methyl/N-ethyl adjacent to an activating group) is 1. The molecule has 110 valence electrons. The van der Waals surface area contributed by atoms with Crippen molar-refractivity contribution in [3.8, 4) is 0 Å². The molecule has 1 unspecified atom stereocenters. The van der Waals surface area contributed by atoms with Gasteiger partial charge in [0.25, 0.3) is 0 Å². The van der Waals surface area contributed by atoms with Gasteiger partial charge in [-0.25, -0.2) is 0 Å². The molecule has 1 aromatic rings. The topological polar surface area (TPSA) is 52.6 Å². The lowest BCUT2D eigenvalue weighted by Crippen LogP contribution is -2.36. The molecule has 0 radical (unpaired) electrons. The third-order valence-corrected chi connectivity index (χ3v) is 3.73. The number of aliphatic hydroxyl groups is 1. The number of benzene rings is 1. The number of rotatable bonds is 6. The summed E-state index contributed by atoms with van der Waals surface area (Å²) in [4.78, 5) is 13.9. The molecule has 1 aliphatic rings. The summed E-state index contributed by atoms with van der Waals surface area (Å²) in [6.45, 7) is 4.89. The Balaban J connectivity index is 1.81. The average molecular weight is 276 g/mol. The van der Waals surface area contributed by atoms with Gasteiger partial charge in [0.2, 0.25) is 5.91 Å². The summed E-state index contributed by atoms with van der Waals surface area (Å²) in [5, 5.41) is 12.8. The molecule has 0 spiro atoms. The highest BCUT2D eigenvalue weighted by Gasteiger charge is 2.30. The molecule has 1 aliphatic carbocycles. The fourth-order valence-corrected chi connectivity index (χ4v) is 2.40. The molecule has 0 bridgehead atoms. The Labute approximate surface area is 120 Å². The monoisotopic (exact) mass is 276 g/mol. The molecule has 2 rings (SSSR count). The van der Waals surface area contributed by atoms with Gasteiger partial charge in [0.15, 0.2) is 0 Å². The molecule has 0 heterocycles. The van der Waals surface area contributed by atoms with Crippen LogP contribution in [-0.2, 0) is 4.79 Å². The van der Waals surface area contributed by atoms with Crippen molar-refractivity contribution in [1.29, 1.82) is 0 Å². The second-order valence-electron chi connectivity index (χ2n) is 5.97. The van der Waals surface area contributed by atoms with Crippen LogP contribution in [0, 0.1) is 19.8 Å². The Morgan fingerprint density at radius 2 is 2.15 bits per heavy atom. The minimum Gasteiger partial charge on any atom is -0.392 e. The van der Waals surface area contributed by atoms with E-state index in [1.165, 1.54) is 5.56 Å². The van der Waals surface area contributed by atoms with Crippen LogP contribution in [0.5, 0.6) is 0 Å². The van der Waals surface area contributed by atoms with Crippen molar-refractivity contribution in [1.82, 2.24) is 4.90 Å². The molecule has 2 N–H and O–H groups in total. The molecule has 0 aromatic heterocycles. The Bertz CT molecular complexity index is 483. The van der Waals surface area contributed by atoms with Crippen molar-refractivity contribution in [2.45, 2.75) is 32.8 Å². The van der Waals surface area contributed by atoms with Crippen LogP contribution >= 0.6 is 0 Å². The van der Waals surface area contributed by atoms with Gasteiger partial charge in [0.1, 0.15) is 0 Å². The largest absolute Gasteiger partial charge is 0.392 e. The van der Waals surface area contributed by atoms with Crippen molar-refractivity contribution >= 4 is 11.6 Å². The molecule has 1 fully saturated rings. The van der Waals surface area contributed by atoms with E-state index in [2.05, 4.69) is 11.4 Å². The maximum atomic E-state index is 12.0. The second-order valence-corrected chi connectivity index (χ2v) is 5.97. The number of hydrogen-bond donors (Lipinski definition) is 2. The summed E-state index contributed by atoms with van der Waals surface area (Å²) in [6.07, 6.45) is 1.93. The van der Waals surface area contributed by atoms with E-state index in [9.17, 15) is 9.90 Å². The van der Waals surface area contributed by atoms with E-state index in [1.807, 2.05) is 37.9 Å². The Morgan fingerprint density at radius 1 is 1.45 bits per heavy atom. The minimum absolute atomic E-state index is 0.0394. The molecular weight excluding hydrogens is 252 g/mol. The zero-order chi connectivity index (χ0) is 14.7. The van der Waals surface area contributed by atoms with Crippen molar-refractivity contribution in [2.24, 2.45) is 5.92 Å². The summed E-state index contributed by atoms with van der Waals surface area (Å²) in [5.41, 5.74) is 3.11. The van der Waals surface area contributed by atoms with Gasteiger partial charge in [0, 0.05) is 12.2 Å². The van der Waals surface area contributed by atoms with Crippen molar-refractivity contribution in [3.63, 3.8) is 0 Å². The zero-order valence-corrected chi connectivity index (χ0v) is 12.5. The van der Waals surface area contributed by atoms with E-state index in [1.54, 1.807) is 0 Å². The van der Waals surface area contributed by atoms with Gasteiger partial charge < -0.3 is 10.4 Å². The van der Waals surface area contributed by atoms with Crippen LogP contribution in [-0.4, -0.2) is 42.2 Å². The molecule has 1 aromatic carbocycles. The lowest BCUT2D eigenvalue weighted by atomic mass is 10.1. The molecule has 1 saturated carbocycles. The van der Waals surface area contributed by atoms with E-state index in [0.29, 0.717) is 19.0 Å². The number of carbonyl (C=O) groups excluding carboxylic acids is 1. The van der Waals surface area contributed by atoms with Gasteiger partial charge in [0.05, 0.1) is 12.6 Å². The number of aryl methyl sites for hydroxylation is 2. The highest BCUT2D eigenvalue weighted by molar-refractivity contribution is 5.92. The summed E-state index contributed by atoms with van der Waals surface area (Å²) in [7, 11) is 1.87. The third-order valence-electron chi connectivity index (χ3n) is 3.73. The number of aliphatic hydroxyl groups excluding tert-OH is 1. The zero-order valence-electron chi connectivity index (χ0n) is 12.5. The van der Waals surface area contributed by atoms with E-state index >= 15 is 0 Å². The Hall–Kier alpha value is -1.39. The Morgan fingerprint density at radius 3 is 2.75 bits per heavy atom. The molecule has 4 nitrogen and oxygen atoms in total. The molecule has 1 atom stereocenters. The standard InChI is InChI=1S/C16H24N2O2/c1-11-4-7-14(12(2)8-11)17-16(20)10-18(3)9-15(19)13-5-6-13/h4,7-8,13,15,19H,5-6,9-10H2,1-3H3,(H,17,20). The maximum absolute atomic E-state index is 12.0. The molecular formula is C16H24N2O2. The van der Waals surface area contributed by atoms with Gasteiger partial charge in [-0.2, -0.15) is 0 Å². The fourth-order valence-electron chi connectivity index (χ4n) is 2.40. The smallest absolute Gasteiger partial charge is 0.238 e. The first kappa shape index (κ1) is 15.0. The van der Waals surface area contributed by atoms with Gasteiger partial charge in [-0.05, 0) is 51.3 Å². The van der Waals surface area contributed by atoms with Gasteiger partial charge in [-0.15, -0.1) is 0 Å². The molecule has 20 heavy (non-hydrogen) atoms. The number of hydrogen-bond acceptors (Lipinski definition) is 3. The molecule has 4 heteroatoms.